The van der Waals surface area contributed by atoms with Crippen LogP contribution in [0, 0.1) is 5.41 Å². The normalized spacial score (nSPS) is 26.4. The standard InChI is InChI=1S/C13H26N2O2/c1-4-5-8-17-11-9-10(13(11,2)3)15-12(16)6-7-14/h10-11H,4-9,14H2,1-3H3,(H,15,16). The van der Waals surface area contributed by atoms with Crippen LogP contribution in [0.1, 0.15) is 46.5 Å². The Labute approximate surface area is 104 Å². The molecule has 0 aliphatic heterocycles. The Morgan fingerprint density at radius 2 is 2.24 bits per heavy atom. The number of amides is 1. The van der Waals surface area contributed by atoms with Crippen molar-refractivity contribution in [1.82, 2.24) is 5.32 Å². The molecule has 1 fully saturated rings. The quantitative estimate of drug-likeness (QED) is 0.664. The third-order valence-electron chi connectivity index (χ3n) is 3.70. The SMILES string of the molecule is CCCCOC1CC(NC(=O)CCN)C1(C)C. The molecule has 0 aromatic heterocycles. The number of unbranched alkanes of at least 4 members (excludes halogenated alkanes) is 1. The van der Waals surface area contributed by atoms with E-state index in [1.54, 1.807) is 0 Å². The first-order valence-corrected chi connectivity index (χ1v) is 6.63. The molecular formula is C13H26N2O2. The third kappa shape index (κ3) is 3.68. The molecule has 4 nitrogen and oxygen atoms in total. The zero-order chi connectivity index (χ0) is 12.9. The van der Waals surface area contributed by atoms with Gasteiger partial charge in [0.25, 0.3) is 0 Å². The van der Waals surface area contributed by atoms with E-state index in [2.05, 4.69) is 26.1 Å². The van der Waals surface area contributed by atoms with Gasteiger partial charge in [0.2, 0.25) is 5.91 Å². The Morgan fingerprint density at radius 3 is 2.76 bits per heavy atom. The molecule has 100 valence electrons. The minimum absolute atomic E-state index is 0.0397. The van der Waals surface area contributed by atoms with Gasteiger partial charge in [-0.15, -0.1) is 0 Å². The Hall–Kier alpha value is -0.610. The summed E-state index contributed by atoms with van der Waals surface area (Å²) in [6, 6.07) is 0.230. The number of hydrogen-bond acceptors (Lipinski definition) is 3. The van der Waals surface area contributed by atoms with Crippen molar-refractivity contribution in [1.29, 1.82) is 0 Å². The van der Waals surface area contributed by atoms with Gasteiger partial charge in [0.05, 0.1) is 6.10 Å². The molecule has 4 heteroatoms. The van der Waals surface area contributed by atoms with E-state index in [4.69, 9.17) is 10.5 Å². The molecule has 0 bridgehead atoms. The van der Waals surface area contributed by atoms with E-state index >= 15 is 0 Å². The lowest BCUT2D eigenvalue weighted by Gasteiger charge is -2.51. The van der Waals surface area contributed by atoms with Gasteiger partial charge in [-0.25, -0.2) is 0 Å². The number of nitrogens with two attached hydrogens (primary N) is 1. The molecule has 1 saturated carbocycles. The summed E-state index contributed by atoms with van der Waals surface area (Å²) in [4.78, 5) is 11.5. The molecule has 2 atom stereocenters. The zero-order valence-electron chi connectivity index (χ0n) is 11.3. The number of carbonyl (C=O) groups excluding carboxylic acids is 1. The first-order chi connectivity index (χ1) is 8.02. The lowest BCUT2D eigenvalue weighted by Crippen LogP contribution is -2.62. The summed E-state index contributed by atoms with van der Waals surface area (Å²) < 4.78 is 5.83. The summed E-state index contributed by atoms with van der Waals surface area (Å²) in [5, 5.41) is 3.03. The van der Waals surface area contributed by atoms with Crippen molar-refractivity contribution in [2.24, 2.45) is 11.1 Å². The van der Waals surface area contributed by atoms with Gasteiger partial charge in [-0.1, -0.05) is 27.2 Å². The highest BCUT2D eigenvalue weighted by molar-refractivity contribution is 5.76. The van der Waals surface area contributed by atoms with Crippen molar-refractivity contribution >= 4 is 5.91 Å². The third-order valence-corrected chi connectivity index (χ3v) is 3.70. The maximum atomic E-state index is 11.5. The fourth-order valence-corrected chi connectivity index (χ4v) is 2.18. The van der Waals surface area contributed by atoms with Gasteiger partial charge in [0.15, 0.2) is 0 Å². The topological polar surface area (TPSA) is 64.3 Å². The molecule has 0 saturated heterocycles. The van der Waals surface area contributed by atoms with Crippen LogP contribution in [0.15, 0.2) is 0 Å². The largest absolute Gasteiger partial charge is 0.378 e. The highest BCUT2D eigenvalue weighted by Gasteiger charge is 2.49. The fraction of sp³-hybridized carbons (Fsp3) is 0.923. The van der Waals surface area contributed by atoms with E-state index in [-0.39, 0.29) is 23.5 Å². The molecule has 1 amide bonds. The molecule has 1 aliphatic rings. The Bertz CT molecular complexity index is 254. The van der Waals surface area contributed by atoms with Crippen LogP contribution in [0.4, 0.5) is 0 Å². The molecule has 0 aromatic rings. The smallest absolute Gasteiger partial charge is 0.221 e. The predicted octanol–water partition coefficient (Wildman–Crippen LogP) is 1.44. The maximum Gasteiger partial charge on any atom is 0.221 e. The molecule has 2 unspecified atom stereocenters. The number of nitrogens with one attached hydrogen (secondary N) is 1. The average Bonchev–Trinajstić information content (AvgIpc) is 2.27. The van der Waals surface area contributed by atoms with Crippen LogP contribution in [0.25, 0.3) is 0 Å². The summed E-state index contributed by atoms with van der Waals surface area (Å²) in [6.07, 6.45) is 3.87. The number of ether oxygens (including phenoxy) is 1. The van der Waals surface area contributed by atoms with Crippen LogP contribution in [0.2, 0.25) is 0 Å². The van der Waals surface area contributed by atoms with Crippen molar-refractivity contribution in [3.63, 3.8) is 0 Å². The van der Waals surface area contributed by atoms with Gasteiger partial charge in [0, 0.05) is 31.0 Å². The summed E-state index contributed by atoms with van der Waals surface area (Å²) in [5.41, 5.74) is 5.39. The van der Waals surface area contributed by atoms with Crippen molar-refractivity contribution in [3.05, 3.63) is 0 Å². The predicted molar refractivity (Wildman–Crippen MR) is 68.6 cm³/mol. The van der Waals surface area contributed by atoms with Crippen LogP contribution in [0.5, 0.6) is 0 Å². The first kappa shape index (κ1) is 14.5. The van der Waals surface area contributed by atoms with Crippen LogP contribution in [-0.4, -0.2) is 31.2 Å². The monoisotopic (exact) mass is 242 g/mol. The van der Waals surface area contributed by atoms with Gasteiger partial charge in [-0.2, -0.15) is 0 Å². The average molecular weight is 242 g/mol. The van der Waals surface area contributed by atoms with E-state index < -0.39 is 0 Å². The second kappa shape index (κ2) is 6.36. The molecular weight excluding hydrogens is 216 g/mol. The first-order valence-electron chi connectivity index (χ1n) is 6.63. The van der Waals surface area contributed by atoms with Crippen LogP contribution in [-0.2, 0) is 9.53 Å². The van der Waals surface area contributed by atoms with Gasteiger partial charge in [-0.05, 0) is 12.8 Å². The van der Waals surface area contributed by atoms with E-state index in [1.807, 2.05) is 0 Å². The van der Waals surface area contributed by atoms with Gasteiger partial charge in [-0.3, -0.25) is 4.79 Å². The number of carbonyl (C=O) groups is 1. The highest BCUT2D eigenvalue weighted by atomic mass is 16.5. The van der Waals surface area contributed by atoms with Gasteiger partial charge < -0.3 is 15.8 Å². The zero-order valence-corrected chi connectivity index (χ0v) is 11.3. The number of rotatable bonds is 7. The van der Waals surface area contributed by atoms with E-state index in [0.717, 1.165) is 25.9 Å². The van der Waals surface area contributed by atoms with Gasteiger partial charge in [0.1, 0.15) is 0 Å². The Morgan fingerprint density at radius 1 is 1.53 bits per heavy atom. The van der Waals surface area contributed by atoms with Crippen molar-refractivity contribution in [2.75, 3.05) is 13.2 Å². The van der Waals surface area contributed by atoms with Crippen LogP contribution in [0.3, 0.4) is 0 Å². The minimum Gasteiger partial charge on any atom is -0.378 e. The fourth-order valence-electron chi connectivity index (χ4n) is 2.18. The second-order valence-electron chi connectivity index (χ2n) is 5.43. The van der Waals surface area contributed by atoms with Crippen molar-refractivity contribution < 1.29 is 9.53 Å². The molecule has 0 spiro atoms. The van der Waals surface area contributed by atoms with E-state index in [0.29, 0.717) is 13.0 Å². The molecule has 17 heavy (non-hydrogen) atoms. The molecule has 1 rings (SSSR count). The summed E-state index contributed by atoms with van der Waals surface area (Å²) in [6.45, 7) is 7.70. The summed E-state index contributed by atoms with van der Waals surface area (Å²) in [7, 11) is 0. The Kier molecular flexibility index (Phi) is 5.40. The maximum absolute atomic E-state index is 11.5. The molecule has 0 aromatic carbocycles. The molecule has 3 N–H and O–H groups in total. The summed E-state index contributed by atoms with van der Waals surface area (Å²) >= 11 is 0. The van der Waals surface area contributed by atoms with Crippen molar-refractivity contribution in [3.8, 4) is 0 Å². The lowest BCUT2D eigenvalue weighted by molar-refractivity contribution is -0.137. The lowest BCUT2D eigenvalue weighted by atomic mass is 9.64. The molecule has 0 radical (unpaired) electrons. The number of hydrogen-bond donors (Lipinski definition) is 2. The highest BCUT2D eigenvalue weighted by Crippen LogP contribution is 2.42. The molecule has 1 aliphatic carbocycles. The van der Waals surface area contributed by atoms with E-state index in [9.17, 15) is 4.79 Å². The Balaban J connectivity index is 2.30. The van der Waals surface area contributed by atoms with Gasteiger partial charge >= 0.3 is 0 Å². The minimum atomic E-state index is 0.0397. The van der Waals surface area contributed by atoms with E-state index in [1.165, 1.54) is 0 Å². The van der Waals surface area contributed by atoms with Crippen LogP contribution >= 0.6 is 0 Å². The molecule has 0 heterocycles. The second-order valence-corrected chi connectivity index (χ2v) is 5.43. The van der Waals surface area contributed by atoms with Crippen LogP contribution < -0.4 is 11.1 Å². The van der Waals surface area contributed by atoms with Crippen molar-refractivity contribution in [2.45, 2.75) is 58.6 Å². The summed E-state index contributed by atoms with van der Waals surface area (Å²) in [5.74, 6) is 0.0533.